The minimum atomic E-state index is -2.74. The van der Waals surface area contributed by atoms with E-state index in [2.05, 4.69) is 0 Å². The molecule has 0 bridgehead atoms. The van der Waals surface area contributed by atoms with E-state index in [9.17, 15) is 28.8 Å². The van der Waals surface area contributed by atoms with E-state index in [1.807, 2.05) is 0 Å². The minimum Gasteiger partial charge on any atom is -0.481 e. The molecule has 0 saturated heterocycles. The predicted octanol–water partition coefficient (Wildman–Crippen LogP) is -3.08. The van der Waals surface area contributed by atoms with Crippen molar-refractivity contribution in [1.29, 1.82) is 0 Å². The molecule has 0 aromatic carbocycles. The van der Waals surface area contributed by atoms with Gasteiger partial charge in [-0.3, -0.25) is 28.8 Å². The Kier molecular flexibility index (Phi) is 20.9. The molecule has 0 rings (SSSR count). The highest BCUT2D eigenvalue weighted by Gasteiger charge is 2.40. The first kappa shape index (κ1) is 36.5. The molecule has 1 amide bonds. The lowest BCUT2D eigenvalue weighted by Gasteiger charge is -2.18. The summed E-state index contributed by atoms with van der Waals surface area (Å²) in [4.78, 5) is 69.2. The van der Waals surface area contributed by atoms with E-state index >= 15 is 0 Å². The van der Waals surface area contributed by atoms with Crippen LogP contribution in [0.1, 0.15) is 39.5 Å². The summed E-state index contributed by atoms with van der Waals surface area (Å²) in [7, 11) is 0. The Labute approximate surface area is 186 Å². The fourth-order valence-corrected chi connectivity index (χ4v) is 1.14. The molecule has 33 heavy (non-hydrogen) atoms. The Bertz CT molecular complexity index is 672. The van der Waals surface area contributed by atoms with Crippen LogP contribution in [0.3, 0.4) is 0 Å². The topological polar surface area (TPSA) is 339 Å². The molecule has 2 atom stereocenters. The van der Waals surface area contributed by atoms with Crippen molar-refractivity contribution in [2.24, 2.45) is 17.2 Å². The van der Waals surface area contributed by atoms with Gasteiger partial charge < -0.3 is 52.9 Å². The minimum absolute atomic E-state index is 0.0213. The van der Waals surface area contributed by atoms with Gasteiger partial charge in [-0.15, -0.1) is 0 Å². The van der Waals surface area contributed by atoms with E-state index in [4.69, 9.17) is 57.7 Å². The number of aliphatic carboxylic acids is 6. The number of hydrogen-bond donors (Lipinski definition) is 10. The largest absolute Gasteiger partial charge is 0.481 e. The smallest absolute Gasteiger partial charge is 0.336 e. The molecular formula is C16H29N3O14. The molecule has 0 aliphatic rings. The Morgan fingerprint density at radius 2 is 1.09 bits per heavy atom. The van der Waals surface area contributed by atoms with Gasteiger partial charge in [-0.25, -0.2) is 4.79 Å². The van der Waals surface area contributed by atoms with Gasteiger partial charge in [-0.2, -0.15) is 0 Å². The first-order valence-corrected chi connectivity index (χ1v) is 8.53. The van der Waals surface area contributed by atoms with Gasteiger partial charge in [0.05, 0.1) is 12.8 Å². The van der Waals surface area contributed by atoms with Crippen molar-refractivity contribution < 1.29 is 69.3 Å². The van der Waals surface area contributed by atoms with Crippen LogP contribution in [0.25, 0.3) is 0 Å². The highest BCUT2D eigenvalue weighted by Crippen LogP contribution is 2.15. The molecule has 0 unspecified atom stereocenters. The Balaban J connectivity index is -0.000000186. The lowest BCUT2D eigenvalue weighted by Crippen LogP contribution is -2.42. The third-order valence-corrected chi connectivity index (χ3v) is 2.69. The van der Waals surface area contributed by atoms with Crippen LogP contribution < -0.4 is 17.2 Å². The molecule has 0 aromatic rings. The molecule has 0 aliphatic heterocycles. The summed E-state index contributed by atoms with van der Waals surface area (Å²) in [5.74, 6) is -8.46. The lowest BCUT2D eigenvalue weighted by molar-refractivity contribution is -0.170. The summed E-state index contributed by atoms with van der Waals surface area (Å²) in [5, 5.41) is 57.3. The number of carboxylic acids is 6. The number of carbonyl (C=O) groups excluding carboxylic acids is 1. The molecule has 0 saturated carbocycles. The van der Waals surface area contributed by atoms with Crippen molar-refractivity contribution in [3.05, 3.63) is 0 Å². The molecule has 13 N–H and O–H groups in total. The van der Waals surface area contributed by atoms with Gasteiger partial charge >= 0.3 is 29.8 Å². The molecule has 0 spiro atoms. The zero-order valence-electron chi connectivity index (χ0n) is 17.7. The summed E-state index contributed by atoms with van der Waals surface area (Å²) < 4.78 is 0. The summed E-state index contributed by atoms with van der Waals surface area (Å²) in [6.45, 7) is 2.50. The quantitative estimate of drug-likeness (QED) is 0.146. The molecule has 0 fully saturated rings. The van der Waals surface area contributed by atoms with Gasteiger partial charge in [0, 0.05) is 13.3 Å². The van der Waals surface area contributed by atoms with Crippen LogP contribution in [0, 0.1) is 0 Å². The fourth-order valence-electron chi connectivity index (χ4n) is 1.14. The zero-order valence-corrected chi connectivity index (χ0v) is 17.7. The van der Waals surface area contributed by atoms with Gasteiger partial charge in [0.1, 0.15) is 12.1 Å². The van der Waals surface area contributed by atoms with Crippen molar-refractivity contribution in [2.75, 3.05) is 0 Å². The Morgan fingerprint density at radius 1 is 0.788 bits per heavy atom. The van der Waals surface area contributed by atoms with Gasteiger partial charge in [-0.05, 0) is 13.3 Å². The number of nitrogens with two attached hydrogens (primary N) is 3. The monoisotopic (exact) mass is 487 g/mol. The van der Waals surface area contributed by atoms with E-state index < -0.39 is 72.2 Å². The normalized spacial score (nSPS) is 11.3. The first-order chi connectivity index (χ1) is 14.7. The van der Waals surface area contributed by atoms with Gasteiger partial charge in [0.15, 0.2) is 5.60 Å². The average molecular weight is 487 g/mol. The van der Waals surface area contributed by atoms with Crippen LogP contribution in [0.4, 0.5) is 0 Å². The third-order valence-electron chi connectivity index (χ3n) is 2.69. The van der Waals surface area contributed by atoms with Crippen LogP contribution in [-0.2, 0) is 33.6 Å². The van der Waals surface area contributed by atoms with E-state index in [1.165, 1.54) is 6.92 Å². The number of carboxylic acid groups (broad SMARTS) is 6. The average Bonchev–Trinajstić information content (AvgIpc) is 2.58. The second-order valence-corrected chi connectivity index (χ2v) is 6.07. The second-order valence-electron chi connectivity index (χ2n) is 6.07. The molecule has 0 heterocycles. The van der Waals surface area contributed by atoms with Crippen LogP contribution >= 0.6 is 0 Å². The first-order valence-electron chi connectivity index (χ1n) is 8.53. The molecule has 17 heteroatoms. The molecule has 192 valence electrons. The number of hydrogen-bond acceptors (Lipinski definition) is 10. The van der Waals surface area contributed by atoms with Crippen LogP contribution in [-0.4, -0.2) is 95.2 Å². The van der Waals surface area contributed by atoms with Gasteiger partial charge in [0.2, 0.25) is 5.91 Å². The van der Waals surface area contributed by atoms with Crippen LogP contribution in [0.5, 0.6) is 0 Å². The van der Waals surface area contributed by atoms with Crippen LogP contribution in [0.15, 0.2) is 0 Å². The summed E-state index contributed by atoms with van der Waals surface area (Å²) in [6.07, 6.45) is -2.17. The van der Waals surface area contributed by atoms with Gasteiger partial charge in [0.25, 0.3) is 5.97 Å². The maximum atomic E-state index is 10.3. The fraction of sp³-hybridized carbons (Fsp3) is 0.562. The van der Waals surface area contributed by atoms with Crippen molar-refractivity contribution in [1.82, 2.24) is 0 Å². The summed E-state index contributed by atoms with van der Waals surface area (Å²) in [5.41, 5.74) is 11.9. The lowest BCUT2D eigenvalue weighted by atomic mass is 9.96. The molecular weight excluding hydrogens is 458 g/mol. The van der Waals surface area contributed by atoms with Crippen molar-refractivity contribution in [3.63, 3.8) is 0 Å². The molecule has 17 nitrogen and oxygen atoms in total. The van der Waals surface area contributed by atoms with E-state index in [0.29, 0.717) is 0 Å². The third kappa shape index (κ3) is 30.5. The van der Waals surface area contributed by atoms with E-state index in [-0.39, 0.29) is 12.8 Å². The number of primary amides is 1. The number of aliphatic hydroxyl groups is 1. The summed E-state index contributed by atoms with van der Waals surface area (Å²) in [6, 6.07) is -1.71. The number of carbonyl (C=O) groups is 7. The van der Waals surface area contributed by atoms with E-state index in [1.54, 1.807) is 0 Å². The van der Waals surface area contributed by atoms with Crippen molar-refractivity contribution >= 4 is 41.7 Å². The zero-order chi connectivity index (χ0) is 27.5. The maximum Gasteiger partial charge on any atom is 0.336 e. The molecule has 0 aromatic heterocycles. The predicted molar refractivity (Wildman–Crippen MR) is 106 cm³/mol. The van der Waals surface area contributed by atoms with Gasteiger partial charge in [-0.1, -0.05) is 0 Å². The van der Waals surface area contributed by atoms with Crippen LogP contribution in [0.2, 0.25) is 0 Å². The number of amides is 1. The highest BCUT2D eigenvalue weighted by molar-refractivity contribution is 5.88. The Hall–Kier alpha value is -3.83. The number of rotatable bonds is 10. The second kappa shape index (κ2) is 18.9. The maximum absolute atomic E-state index is 10.3. The van der Waals surface area contributed by atoms with Crippen molar-refractivity contribution in [2.45, 2.75) is 57.2 Å². The standard InChI is InChI=1S/C6H8O7.C5H10N2O3.C3H7NO2.C2H4O2/c7-3(8)1-6(13,5(11)12)2-4(9)10;6-3(5(9)10)1-2-4(7)8;1-2(4)3(5)6;1-2(3)4/h13H,1-2H2,(H,7,8)(H,9,10)(H,11,12);3H,1-2,6H2,(H2,7,8)(H,9,10);2H,4H2,1H3,(H,5,6);1H3,(H,3,4)/t;3-;2-;/m.00./s1. The SMILES string of the molecule is CC(=O)O.C[C@H](N)C(=O)O.NC(=O)CC[C@H](N)C(=O)O.O=C(O)CC(O)(CC(=O)O)C(=O)O. The van der Waals surface area contributed by atoms with E-state index in [0.717, 1.165) is 6.92 Å². The summed E-state index contributed by atoms with van der Waals surface area (Å²) >= 11 is 0. The molecule has 0 aliphatic carbocycles. The highest BCUT2D eigenvalue weighted by atomic mass is 16.4. The van der Waals surface area contributed by atoms with Crippen molar-refractivity contribution in [3.8, 4) is 0 Å². The molecule has 0 radical (unpaired) electrons. The Morgan fingerprint density at radius 3 is 1.24 bits per heavy atom.